The molecule has 2 heterocycles. The third-order valence-electron chi connectivity index (χ3n) is 4.50. The SMILES string of the molecule is Cc1ccccc1-n1c(C)cc(C(=O)NNC(=O)c2cccn2C)c1C. The monoisotopic (exact) mass is 350 g/mol. The molecule has 6 nitrogen and oxygen atoms in total. The number of carbonyl (C=O) groups is 2. The third-order valence-corrected chi connectivity index (χ3v) is 4.50. The molecule has 2 aromatic heterocycles. The summed E-state index contributed by atoms with van der Waals surface area (Å²) in [5.41, 5.74) is 9.89. The van der Waals surface area contributed by atoms with Crippen LogP contribution in [0.15, 0.2) is 48.7 Å². The van der Waals surface area contributed by atoms with Crippen molar-refractivity contribution in [3.63, 3.8) is 0 Å². The van der Waals surface area contributed by atoms with Gasteiger partial charge in [-0.1, -0.05) is 18.2 Å². The molecule has 0 aliphatic rings. The first-order chi connectivity index (χ1) is 12.4. The minimum absolute atomic E-state index is 0.347. The molecule has 3 rings (SSSR count). The molecule has 6 heteroatoms. The van der Waals surface area contributed by atoms with Gasteiger partial charge < -0.3 is 9.13 Å². The van der Waals surface area contributed by atoms with Crippen LogP contribution in [0.1, 0.15) is 37.8 Å². The Morgan fingerprint density at radius 3 is 2.27 bits per heavy atom. The molecule has 0 radical (unpaired) electrons. The van der Waals surface area contributed by atoms with Crippen LogP contribution in [0, 0.1) is 20.8 Å². The van der Waals surface area contributed by atoms with Crippen molar-refractivity contribution in [1.82, 2.24) is 20.0 Å². The van der Waals surface area contributed by atoms with Gasteiger partial charge in [-0.2, -0.15) is 0 Å². The lowest BCUT2D eigenvalue weighted by atomic mass is 10.2. The maximum absolute atomic E-state index is 12.6. The number of nitrogens with zero attached hydrogens (tertiary/aromatic N) is 2. The lowest BCUT2D eigenvalue weighted by Gasteiger charge is -2.13. The van der Waals surface area contributed by atoms with Gasteiger partial charge in [0.2, 0.25) is 0 Å². The molecule has 134 valence electrons. The molecular formula is C20H22N4O2. The van der Waals surface area contributed by atoms with Crippen molar-refractivity contribution in [3.8, 4) is 5.69 Å². The van der Waals surface area contributed by atoms with Crippen LogP contribution in [-0.2, 0) is 7.05 Å². The van der Waals surface area contributed by atoms with Crippen LogP contribution in [-0.4, -0.2) is 20.9 Å². The summed E-state index contributed by atoms with van der Waals surface area (Å²) in [7, 11) is 1.77. The highest BCUT2D eigenvalue weighted by atomic mass is 16.2. The first-order valence-electron chi connectivity index (χ1n) is 8.37. The normalized spacial score (nSPS) is 10.6. The summed E-state index contributed by atoms with van der Waals surface area (Å²) in [6.07, 6.45) is 1.77. The summed E-state index contributed by atoms with van der Waals surface area (Å²) in [6, 6.07) is 13.3. The van der Waals surface area contributed by atoms with Crippen LogP contribution in [0.5, 0.6) is 0 Å². The molecule has 0 aliphatic heterocycles. The molecule has 2 N–H and O–H groups in total. The minimum atomic E-state index is -0.362. The van der Waals surface area contributed by atoms with E-state index in [1.165, 1.54) is 0 Å². The van der Waals surface area contributed by atoms with Gasteiger partial charge in [0.25, 0.3) is 11.8 Å². The number of para-hydroxylation sites is 1. The van der Waals surface area contributed by atoms with Crippen molar-refractivity contribution in [2.45, 2.75) is 20.8 Å². The van der Waals surface area contributed by atoms with Gasteiger partial charge in [0, 0.05) is 30.3 Å². The molecule has 0 bridgehead atoms. The van der Waals surface area contributed by atoms with Gasteiger partial charge in [-0.15, -0.1) is 0 Å². The molecule has 3 aromatic rings. The Balaban J connectivity index is 1.81. The first-order valence-corrected chi connectivity index (χ1v) is 8.37. The predicted molar refractivity (Wildman–Crippen MR) is 100 cm³/mol. The van der Waals surface area contributed by atoms with Crippen LogP contribution in [0.3, 0.4) is 0 Å². The number of rotatable bonds is 3. The Hall–Kier alpha value is -3.28. The fraction of sp³-hybridized carbons (Fsp3) is 0.200. The average molecular weight is 350 g/mol. The molecule has 26 heavy (non-hydrogen) atoms. The third kappa shape index (κ3) is 3.13. The highest BCUT2D eigenvalue weighted by molar-refractivity contribution is 5.99. The van der Waals surface area contributed by atoms with E-state index in [0.29, 0.717) is 11.3 Å². The van der Waals surface area contributed by atoms with E-state index in [0.717, 1.165) is 22.6 Å². The molecule has 2 amide bonds. The summed E-state index contributed by atoms with van der Waals surface area (Å²) >= 11 is 0. The van der Waals surface area contributed by atoms with E-state index >= 15 is 0 Å². The highest BCUT2D eigenvalue weighted by Gasteiger charge is 2.18. The lowest BCUT2D eigenvalue weighted by Crippen LogP contribution is -2.42. The largest absolute Gasteiger partial charge is 0.347 e. The zero-order valence-electron chi connectivity index (χ0n) is 15.3. The second kappa shape index (κ2) is 6.92. The van der Waals surface area contributed by atoms with E-state index in [4.69, 9.17) is 0 Å². The van der Waals surface area contributed by atoms with Gasteiger partial charge in [0.1, 0.15) is 5.69 Å². The van der Waals surface area contributed by atoms with Gasteiger partial charge in [-0.25, -0.2) is 0 Å². The standard InChI is InChI=1S/C20H22N4O2/c1-13-8-5-6-9-17(13)24-14(2)12-16(15(24)3)19(25)21-22-20(26)18-10-7-11-23(18)4/h5-12H,1-4H3,(H,21,25)(H,22,26). The van der Waals surface area contributed by atoms with E-state index in [2.05, 4.69) is 10.9 Å². The number of hydrogen-bond donors (Lipinski definition) is 2. The summed E-state index contributed by atoms with van der Waals surface area (Å²) in [5.74, 6) is -0.709. The lowest BCUT2D eigenvalue weighted by molar-refractivity contribution is 0.0841. The average Bonchev–Trinajstić information content (AvgIpc) is 3.16. The number of hydrazine groups is 1. The number of hydrogen-bond acceptors (Lipinski definition) is 2. The van der Waals surface area contributed by atoms with Gasteiger partial charge >= 0.3 is 0 Å². The van der Waals surface area contributed by atoms with Crippen LogP contribution >= 0.6 is 0 Å². The number of aryl methyl sites for hydroxylation is 3. The fourth-order valence-corrected chi connectivity index (χ4v) is 3.12. The van der Waals surface area contributed by atoms with Crippen LogP contribution in [0.2, 0.25) is 0 Å². The molecule has 0 spiro atoms. The summed E-state index contributed by atoms with van der Waals surface area (Å²) in [4.78, 5) is 24.7. The van der Waals surface area contributed by atoms with Gasteiger partial charge in [0.15, 0.2) is 0 Å². The van der Waals surface area contributed by atoms with Crippen molar-refractivity contribution in [2.75, 3.05) is 0 Å². The Morgan fingerprint density at radius 1 is 0.923 bits per heavy atom. The molecular weight excluding hydrogens is 328 g/mol. The van der Waals surface area contributed by atoms with Crippen LogP contribution < -0.4 is 10.9 Å². The maximum atomic E-state index is 12.6. The number of nitrogens with one attached hydrogen (secondary N) is 2. The number of amides is 2. The molecule has 0 saturated heterocycles. The minimum Gasteiger partial charge on any atom is -0.347 e. The van der Waals surface area contributed by atoms with Crippen LogP contribution in [0.25, 0.3) is 5.69 Å². The fourth-order valence-electron chi connectivity index (χ4n) is 3.12. The van der Waals surface area contributed by atoms with Crippen molar-refractivity contribution < 1.29 is 9.59 Å². The smallest absolute Gasteiger partial charge is 0.286 e. The molecule has 0 unspecified atom stereocenters. The quantitative estimate of drug-likeness (QED) is 0.713. The van der Waals surface area contributed by atoms with Crippen molar-refractivity contribution in [3.05, 3.63) is 76.9 Å². The van der Waals surface area contributed by atoms with E-state index in [-0.39, 0.29) is 11.8 Å². The van der Waals surface area contributed by atoms with Crippen molar-refractivity contribution >= 4 is 11.8 Å². The predicted octanol–water partition coefficient (Wildman–Crippen LogP) is 2.82. The second-order valence-corrected chi connectivity index (χ2v) is 6.32. The van der Waals surface area contributed by atoms with E-state index in [1.54, 1.807) is 29.9 Å². The zero-order valence-corrected chi connectivity index (χ0v) is 15.3. The van der Waals surface area contributed by atoms with E-state index < -0.39 is 0 Å². The summed E-state index contributed by atoms with van der Waals surface area (Å²) in [6.45, 7) is 5.89. The number of benzene rings is 1. The Morgan fingerprint density at radius 2 is 1.62 bits per heavy atom. The maximum Gasteiger partial charge on any atom is 0.286 e. The molecule has 1 aromatic carbocycles. The molecule has 0 aliphatic carbocycles. The van der Waals surface area contributed by atoms with Crippen LogP contribution in [0.4, 0.5) is 0 Å². The van der Waals surface area contributed by atoms with Crippen molar-refractivity contribution in [2.24, 2.45) is 7.05 Å². The Kier molecular flexibility index (Phi) is 4.67. The van der Waals surface area contributed by atoms with Gasteiger partial charge in [0.05, 0.1) is 5.56 Å². The van der Waals surface area contributed by atoms with Crippen molar-refractivity contribution in [1.29, 1.82) is 0 Å². The van der Waals surface area contributed by atoms with E-state index in [9.17, 15) is 9.59 Å². The van der Waals surface area contributed by atoms with E-state index in [1.807, 2.05) is 55.7 Å². The Bertz CT molecular complexity index is 982. The van der Waals surface area contributed by atoms with Gasteiger partial charge in [-0.3, -0.25) is 20.4 Å². The first kappa shape index (κ1) is 17.5. The number of aromatic nitrogens is 2. The highest BCUT2D eigenvalue weighted by Crippen LogP contribution is 2.23. The second-order valence-electron chi connectivity index (χ2n) is 6.32. The summed E-state index contributed by atoms with van der Waals surface area (Å²) < 4.78 is 3.73. The molecule has 0 atom stereocenters. The molecule has 0 saturated carbocycles. The van der Waals surface area contributed by atoms with Gasteiger partial charge in [-0.05, 0) is 50.6 Å². The summed E-state index contributed by atoms with van der Waals surface area (Å²) in [5, 5.41) is 0. The zero-order chi connectivity index (χ0) is 18.8. The molecule has 0 fully saturated rings. The number of carbonyl (C=O) groups excluding carboxylic acids is 2. The topological polar surface area (TPSA) is 68.1 Å². The Labute approximate surface area is 152 Å².